The number of likely N-dealkylation sites (tertiary alicyclic amines) is 1. The van der Waals surface area contributed by atoms with Gasteiger partial charge in [0.2, 0.25) is 0 Å². The van der Waals surface area contributed by atoms with Crippen LogP contribution in [0.4, 0.5) is 23.7 Å². The number of pyridine rings is 1. The standard InChI is InChI=1S/C20H22F3N3O2.ClH/c1-14-2-4-15(5-3-14)12-28-19(27)26-9-7-16(20(22,23)13-26)10-25-18-6-8-24-11-17(18)21;/h2-6,8,11,16H,7,9-10,12-13H2,1H3,(H,24,25);1H/t16-;/m0./s1. The largest absolute Gasteiger partial charge is 0.445 e. The van der Waals surface area contributed by atoms with E-state index in [1.807, 2.05) is 31.2 Å². The minimum atomic E-state index is -3.10. The lowest BCUT2D eigenvalue weighted by Gasteiger charge is -2.37. The molecule has 0 aliphatic carbocycles. The van der Waals surface area contributed by atoms with E-state index >= 15 is 0 Å². The van der Waals surface area contributed by atoms with Crippen molar-refractivity contribution in [2.24, 2.45) is 5.92 Å². The first kappa shape index (κ1) is 22.8. The van der Waals surface area contributed by atoms with E-state index in [1.165, 1.54) is 12.3 Å². The maximum absolute atomic E-state index is 14.5. The number of carbonyl (C=O) groups is 1. The quantitative estimate of drug-likeness (QED) is 0.751. The number of ether oxygens (including phenoxy) is 1. The molecule has 1 atom stereocenters. The summed E-state index contributed by atoms with van der Waals surface area (Å²) >= 11 is 0. The summed E-state index contributed by atoms with van der Waals surface area (Å²) in [6, 6.07) is 8.83. The predicted molar refractivity (Wildman–Crippen MR) is 106 cm³/mol. The molecule has 1 aromatic heterocycles. The molecule has 158 valence electrons. The van der Waals surface area contributed by atoms with Crippen molar-refractivity contribution in [2.75, 3.05) is 25.0 Å². The SMILES string of the molecule is Cc1ccc(COC(=O)N2CC[C@@H](CNc3ccncc3F)C(F)(F)C2)cc1.Cl. The third kappa shape index (κ3) is 6.00. The van der Waals surface area contributed by atoms with E-state index in [9.17, 15) is 18.0 Å². The van der Waals surface area contributed by atoms with Gasteiger partial charge in [0.05, 0.1) is 18.4 Å². The number of hydrogen-bond donors (Lipinski definition) is 1. The second-order valence-electron chi connectivity index (χ2n) is 6.94. The maximum Gasteiger partial charge on any atom is 0.410 e. The Morgan fingerprint density at radius 2 is 2.03 bits per heavy atom. The van der Waals surface area contributed by atoms with Crippen LogP contribution in [-0.2, 0) is 11.3 Å². The number of halogens is 4. The average molecular weight is 430 g/mol. The van der Waals surface area contributed by atoms with Gasteiger partial charge in [0.25, 0.3) is 5.92 Å². The molecule has 2 aromatic rings. The molecule has 1 amide bonds. The lowest BCUT2D eigenvalue weighted by Crippen LogP contribution is -2.52. The molecule has 0 unspecified atom stereocenters. The minimum absolute atomic E-state index is 0. The number of nitrogens with zero attached hydrogens (tertiary/aromatic N) is 2. The second kappa shape index (κ2) is 9.82. The number of alkyl halides is 2. The number of aromatic nitrogens is 1. The summed E-state index contributed by atoms with van der Waals surface area (Å²) in [4.78, 5) is 16.8. The molecule has 1 N–H and O–H groups in total. The molecule has 5 nitrogen and oxygen atoms in total. The third-order valence-electron chi connectivity index (χ3n) is 4.80. The van der Waals surface area contributed by atoms with Gasteiger partial charge in [-0.2, -0.15) is 0 Å². The minimum Gasteiger partial charge on any atom is -0.445 e. The summed E-state index contributed by atoms with van der Waals surface area (Å²) in [5, 5.41) is 2.70. The van der Waals surface area contributed by atoms with Crippen LogP contribution in [-0.4, -0.2) is 41.5 Å². The monoisotopic (exact) mass is 429 g/mol. The fourth-order valence-corrected chi connectivity index (χ4v) is 3.07. The molecule has 0 bridgehead atoms. The molecule has 1 aliphatic heterocycles. The highest BCUT2D eigenvalue weighted by molar-refractivity contribution is 5.85. The number of amides is 1. The first-order valence-electron chi connectivity index (χ1n) is 9.03. The van der Waals surface area contributed by atoms with Crippen LogP contribution in [0, 0.1) is 18.7 Å². The number of piperidine rings is 1. The first-order valence-corrected chi connectivity index (χ1v) is 9.03. The van der Waals surface area contributed by atoms with E-state index in [0.29, 0.717) is 0 Å². The van der Waals surface area contributed by atoms with Crippen molar-refractivity contribution in [2.45, 2.75) is 25.9 Å². The molecular formula is C20H23ClF3N3O2. The van der Waals surface area contributed by atoms with Crippen LogP contribution in [0.3, 0.4) is 0 Å². The van der Waals surface area contributed by atoms with Crippen molar-refractivity contribution in [3.63, 3.8) is 0 Å². The molecule has 3 rings (SSSR count). The molecule has 0 radical (unpaired) electrons. The van der Waals surface area contributed by atoms with E-state index in [-0.39, 0.29) is 44.2 Å². The Morgan fingerprint density at radius 3 is 2.69 bits per heavy atom. The van der Waals surface area contributed by atoms with Crippen molar-refractivity contribution in [1.29, 1.82) is 0 Å². The number of hydrogen-bond acceptors (Lipinski definition) is 4. The van der Waals surface area contributed by atoms with E-state index in [2.05, 4.69) is 10.3 Å². The molecule has 1 aromatic carbocycles. The van der Waals surface area contributed by atoms with Gasteiger partial charge in [-0.3, -0.25) is 4.98 Å². The van der Waals surface area contributed by atoms with E-state index in [1.54, 1.807) is 0 Å². The molecule has 9 heteroatoms. The van der Waals surface area contributed by atoms with Crippen LogP contribution in [0.2, 0.25) is 0 Å². The van der Waals surface area contributed by atoms with Gasteiger partial charge in [0, 0.05) is 25.2 Å². The highest BCUT2D eigenvalue weighted by atomic mass is 35.5. The Bertz CT molecular complexity index is 821. The van der Waals surface area contributed by atoms with Crippen molar-refractivity contribution in [3.05, 3.63) is 59.7 Å². The van der Waals surface area contributed by atoms with Gasteiger partial charge in [-0.15, -0.1) is 12.4 Å². The van der Waals surface area contributed by atoms with E-state index < -0.39 is 30.3 Å². The highest BCUT2D eigenvalue weighted by Crippen LogP contribution is 2.33. The summed E-state index contributed by atoms with van der Waals surface area (Å²) in [6.07, 6.45) is 1.74. The van der Waals surface area contributed by atoms with Crippen LogP contribution >= 0.6 is 12.4 Å². The fraction of sp³-hybridized carbons (Fsp3) is 0.400. The van der Waals surface area contributed by atoms with Gasteiger partial charge in [-0.25, -0.2) is 18.0 Å². The Kier molecular flexibility index (Phi) is 7.73. The molecule has 2 heterocycles. The zero-order valence-corrected chi connectivity index (χ0v) is 16.7. The van der Waals surface area contributed by atoms with Crippen molar-refractivity contribution in [3.8, 4) is 0 Å². The van der Waals surface area contributed by atoms with Gasteiger partial charge < -0.3 is 15.0 Å². The lowest BCUT2D eigenvalue weighted by atomic mass is 9.93. The molecule has 1 saturated heterocycles. The third-order valence-corrected chi connectivity index (χ3v) is 4.80. The molecule has 1 fully saturated rings. The molecule has 0 saturated carbocycles. The molecular weight excluding hydrogens is 407 g/mol. The Balaban J connectivity index is 0.00000300. The Labute approximate surface area is 173 Å². The summed E-state index contributed by atoms with van der Waals surface area (Å²) < 4.78 is 47.7. The van der Waals surface area contributed by atoms with E-state index in [4.69, 9.17) is 4.74 Å². The zero-order chi connectivity index (χ0) is 20.1. The maximum atomic E-state index is 14.5. The number of rotatable bonds is 5. The predicted octanol–water partition coefficient (Wildman–Crippen LogP) is 4.66. The highest BCUT2D eigenvalue weighted by Gasteiger charge is 2.46. The van der Waals surface area contributed by atoms with Crippen molar-refractivity contribution >= 4 is 24.2 Å². The number of nitrogens with one attached hydrogen (secondary N) is 1. The van der Waals surface area contributed by atoms with Crippen molar-refractivity contribution in [1.82, 2.24) is 9.88 Å². The Morgan fingerprint density at radius 1 is 1.31 bits per heavy atom. The number of aryl methyl sites for hydroxylation is 1. The topological polar surface area (TPSA) is 54.5 Å². The zero-order valence-electron chi connectivity index (χ0n) is 15.9. The summed E-state index contributed by atoms with van der Waals surface area (Å²) in [5.41, 5.74) is 2.01. The summed E-state index contributed by atoms with van der Waals surface area (Å²) in [5.74, 6) is -4.71. The second-order valence-corrected chi connectivity index (χ2v) is 6.94. The van der Waals surface area contributed by atoms with Crippen LogP contribution in [0.1, 0.15) is 17.5 Å². The average Bonchev–Trinajstić information content (AvgIpc) is 2.67. The van der Waals surface area contributed by atoms with Gasteiger partial charge in [0.1, 0.15) is 6.61 Å². The first-order chi connectivity index (χ1) is 13.3. The van der Waals surface area contributed by atoms with Crippen LogP contribution < -0.4 is 5.32 Å². The van der Waals surface area contributed by atoms with Gasteiger partial charge in [-0.1, -0.05) is 29.8 Å². The van der Waals surface area contributed by atoms with Crippen LogP contribution in [0.5, 0.6) is 0 Å². The van der Waals surface area contributed by atoms with Crippen molar-refractivity contribution < 1.29 is 22.7 Å². The number of anilines is 1. The van der Waals surface area contributed by atoms with E-state index in [0.717, 1.165) is 22.2 Å². The summed E-state index contributed by atoms with van der Waals surface area (Å²) in [6.45, 7) is 1.33. The number of carbonyl (C=O) groups excluding carboxylic acids is 1. The lowest BCUT2D eigenvalue weighted by molar-refractivity contribution is -0.101. The number of benzene rings is 1. The normalized spacial score (nSPS) is 17.9. The molecule has 0 spiro atoms. The fourth-order valence-electron chi connectivity index (χ4n) is 3.07. The van der Waals surface area contributed by atoms with Gasteiger partial charge in [-0.05, 0) is 25.0 Å². The van der Waals surface area contributed by atoms with Crippen LogP contribution in [0.25, 0.3) is 0 Å². The van der Waals surface area contributed by atoms with Crippen LogP contribution in [0.15, 0.2) is 42.7 Å². The smallest absolute Gasteiger partial charge is 0.410 e. The summed E-state index contributed by atoms with van der Waals surface area (Å²) in [7, 11) is 0. The van der Waals surface area contributed by atoms with Gasteiger partial charge in [0.15, 0.2) is 5.82 Å². The molecule has 29 heavy (non-hydrogen) atoms. The Hall–Kier alpha value is -2.48. The molecule has 1 aliphatic rings. The van der Waals surface area contributed by atoms with Gasteiger partial charge >= 0.3 is 6.09 Å².